The van der Waals surface area contributed by atoms with Crippen LogP contribution in [0.15, 0.2) is 21.9 Å². The molecule has 0 radical (unpaired) electrons. The summed E-state index contributed by atoms with van der Waals surface area (Å²) in [5.41, 5.74) is 1.58. The number of halogens is 1. The van der Waals surface area contributed by atoms with Gasteiger partial charge in [-0.2, -0.15) is 0 Å². The Balaban J connectivity index is 1.83. The number of benzene rings is 1. The molecule has 0 spiro atoms. The Morgan fingerprint density at radius 1 is 1.21 bits per heavy atom. The maximum absolute atomic E-state index is 14.8. The van der Waals surface area contributed by atoms with Crippen LogP contribution >= 0.6 is 0 Å². The van der Waals surface area contributed by atoms with Crippen LogP contribution in [0.1, 0.15) is 68.0 Å². The number of pyridine rings is 1. The predicted molar refractivity (Wildman–Crippen MR) is 120 cm³/mol. The molecule has 0 saturated carbocycles. The average molecular weight is 453 g/mol. The van der Waals surface area contributed by atoms with Crippen LogP contribution in [-0.4, -0.2) is 15.6 Å². The summed E-state index contributed by atoms with van der Waals surface area (Å²) in [5, 5.41) is 12.7. The molecule has 1 aromatic heterocycles. The summed E-state index contributed by atoms with van der Waals surface area (Å²) in [5.74, 6) is -1.01. The second kappa shape index (κ2) is 7.35. The first kappa shape index (κ1) is 22.0. The van der Waals surface area contributed by atoms with Crippen molar-refractivity contribution < 1.29 is 19.0 Å². The predicted octanol–water partition coefficient (Wildman–Crippen LogP) is 2.30. The number of aromatic nitrogens is 1. The smallest absolute Gasteiger partial charge is 0.343 e. The molecule has 3 aliphatic rings. The van der Waals surface area contributed by atoms with E-state index in [1.165, 1.54) is 11.6 Å². The Morgan fingerprint density at radius 3 is 2.70 bits per heavy atom. The normalized spacial score (nSPS) is 23.2. The van der Waals surface area contributed by atoms with Gasteiger partial charge in [-0.1, -0.05) is 26.3 Å². The van der Waals surface area contributed by atoms with E-state index in [0.717, 1.165) is 30.0 Å². The van der Waals surface area contributed by atoms with Crippen molar-refractivity contribution in [1.82, 2.24) is 4.57 Å². The van der Waals surface area contributed by atoms with Gasteiger partial charge in [-0.05, 0) is 55.9 Å². The number of hydrogen-bond donors (Lipinski definition) is 1. The van der Waals surface area contributed by atoms with Crippen molar-refractivity contribution in [2.75, 3.05) is 0 Å². The number of esters is 1. The molecule has 6 nitrogen and oxygen atoms in total. The van der Waals surface area contributed by atoms with Gasteiger partial charge in [0.1, 0.15) is 12.4 Å². The molecule has 1 N–H and O–H groups in total. The van der Waals surface area contributed by atoms with E-state index in [1.807, 2.05) is 6.92 Å². The molecular formula is C26H29FN2O4. The molecule has 1 aromatic carbocycles. The topological polar surface area (TPSA) is 80.9 Å². The Labute approximate surface area is 191 Å². The molecule has 1 atom stereocenters. The quantitative estimate of drug-likeness (QED) is 0.674. The molecule has 0 bridgehead atoms. The first-order valence-corrected chi connectivity index (χ1v) is 11.6. The summed E-state index contributed by atoms with van der Waals surface area (Å²) in [6, 6.07) is 3.22. The Bertz CT molecular complexity index is 1390. The van der Waals surface area contributed by atoms with Gasteiger partial charge in [-0.15, -0.1) is 0 Å². The SMILES string of the molecule is CC[C@@]1(O)C(=O)OCc2c1cc1n(c2=O)CC(C)(C)C2=c3c(c(C)c(F)cc3=NC1)CCC2. The Kier molecular flexibility index (Phi) is 4.90. The van der Waals surface area contributed by atoms with E-state index in [-0.39, 0.29) is 36.4 Å². The molecule has 7 heteroatoms. The number of hydrogen-bond acceptors (Lipinski definition) is 5. The molecule has 1 aliphatic carbocycles. The van der Waals surface area contributed by atoms with E-state index in [9.17, 15) is 19.1 Å². The summed E-state index contributed by atoms with van der Waals surface area (Å²) in [4.78, 5) is 30.8. The van der Waals surface area contributed by atoms with Gasteiger partial charge in [0.2, 0.25) is 0 Å². The molecule has 174 valence electrons. The van der Waals surface area contributed by atoms with E-state index in [1.54, 1.807) is 17.6 Å². The number of cyclic esters (lactones) is 1. The van der Waals surface area contributed by atoms with Crippen molar-refractivity contribution in [3.8, 4) is 0 Å². The minimum absolute atomic E-state index is 0.0962. The van der Waals surface area contributed by atoms with Gasteiger partial charge in [0.25, 0.3) is 5.56 Å². The summed E-state index contributed by atoms with van der Waals surface area (Å²) in [7, 11) is 0. The number of ether oxygens (including phenoxy) is 1. The zero-order valence-electron chi connectivity index (χ0n) is 19.5. The average Bonchev–Trinajstić information content (AvgIpc) is 2.83. The van der Waals surface area contributed by atoms with Gasteiger partial charge >= 0.3 is 5.97 Å². The Morgan fingerprint density at radius 2 is 1.97 bits per heavy atom. The van der Waals surface area contributed by atoms with Crippen LogP contribution in [0.5, 0.6) is 0 Å². The lowest BCUT2D eigenvalue weighted by molar-refractivity contribution is -0.172. The molecule has 2 aliphatic heterocycles. The summed E-state index contributed by atoms with van der Waals surface area (Å²) in [6.45, 7) is 8.15. The minimum atomic E-state index is -1.86. The number of nitrogens with zero attached hydrogens (tertiary/aromatic N) is 2. The molecule has 5 rings (SSSR count). The van der Waals surface area contributed by atoms with Crippen LogP contribution in [0.25, 0.3) is 5.57 Å². The highest BCUT2D eigenvalue weighted by Crippen LogP contribution is 2.37. The van der Waals surface area contributed by atoms with Gasteiger partial charge in [0.15, 0.2) is 5.60 Å². The maximum atomic E-state index is 14.8. The van der Waals surface area contributed by atoms with Gasteiger partial charge in [0, 0.05) is 28.4 Å². The highest BCUT2D eigenvalue weighted by molar-refractivity contribution is 5.83. The second-order valence-electron chi connectivity index (χ2n) is 10.1. The van der Waals surface area contributed by atoms with Gasteiger partial charge < -0.3 is 14.4 Å². The number of aliphatic hydroxyl groups is 1. The zero-order valence-corrected chi connectivity index (χ0v) is 19.5. The fourth-order valence-electron chi connectivity index (χ4n) is 5.72. The first-order valence-electron chi connectivity index (χ1n) is 11.6. The van der Waals surface area contributed by atoms with E-state index in [2.05, 4.69) is 13.8 Å². The molecule has 0 fully saturated rings. The van der Waals surface area contributed by atoms with Crippen molar-refractivity contribution in [1.29, 1.82) is 0 Å². The first-order chi connectivity index (χ1) is 15.6. The summed E-state index contributed by atoms with van der Waals surface area (Å²) >= 11 is 0. The third-order valence-corrected chi connectivity index (χ3v) is 7.70. The summed E-state index contributed by atoms with van der Waals surface area (Å²) in [6.07, 6.45) is 2.71. The fourth-order valence-corrected chi connectivity index (χ4v) is 5.72. The zero-order chi connectivity index (χ0) is 23.7. The van der Waals surface area contributed by atoms with Gasteiger partial charge in [0.05, 0.1) is 17.5 Å². The fraction of sp³-hybridized carbons (Fsp3) is 0.500. The number of carbonyl (C=O) groups excluding carboxylic acids is 1. The van der Waals surface area contributed by atoms with E-state index >= 15 is 0 Å². The molecule has 0 saturated heterocycles. The Hall–Kier alpha value is -2.80. The minimum Gasteiger partial charge on any atom is -0.458 e. The monoisotopic (exact) mass is 452 g/mol. The lowest BCUT2D eigenvalue weighted by Gasteiger charge is -2.35. The molecule has 2 aromatic rings. The van der Waals surface area contributed by atoms with Crippen LogP contribution in [-0.2, 0) is 41.2 Å². The lowest BCUT2D eigenvalue weighted by atomic mass is 9.75. The van der Waals surface area contributed by atoms with E-state index in [0.29, 0.717) is 34.3 Å². The van der Waals surface area contributed by atoms with Crippen LogP contribution < -0.4 is 16.1 Å². The van der Waals surface area contributed by atoms with Gasteiger partial charge in [-0.25, -0.2) is 9.18 Å². The molecule has 3 heterocycles. The largest absolute Gasteiger partial charge is 0.458 e. The second-order valence-corrected chi connectivity index (χ2v) is 10.1. The highest BCUT2D eigenvalue weighted by atomic mass is 19.1. The van der Waals surface area contributed by atoms with Crippen molar-refractivity contribution in [2.45, 2.75) is 78.7 Å². The van der Waals surface area contributed by atoms with Crippen molar-refractivity contribution >= 4 is 11.5 Å². The lowest BCUT2D eigenvalue weighted by Crippen LogP contribution is -2.45. The number of carbonyl (C=O) groups is 1. The van der Waals surface area contributed by atoms with Crippen LogP contribution in [0.2, 0.25) is 0 Å². The van der Waals surface area contributed by atoms with Crippen LogP contribution in [0.4, 0.5) is 4.39 Å². The highest BCUT2D eigenvalue weighted by Gasteiger charge is 2.45. The van der Waals surface area contributed by atoms with Crippen molar-refractivity contribution in [3.63, 3.8) is 0 Å². The van der Waals surface area contributed by atoms with Crippen molar-refractivity contribution in [2.24, 2.45) is 10.4 Å². The van der Waals surface area contributed by atoms with Crippen LogP contribution in [0, 0.1) is 18.2 Å². The van der Waals surface area contributed by atoms with Crippen LogP contribution in [0.3, 0.4) is 0 Å². The van der Waals surface area contributed by atoms with Gasteiger partial charge in [-0.3, -0.25) is 9.79 Å². The molecule has 0 amide bonds. The van der Waals surface area contributed by atoms with Crippen molar-refractivity contribution in [3.05, 3.63) is 66.8 Å². The summed E-state index contributed by atoms with van der Waals surface area (Å²) < 4.78 is 21.7. The molecular weight excluding hydrogens is 423 g/mol. The van der Waals surface area contributed by atoms with E-state index < -0.39 is 11.6 Å². The standard InChI is InChI=1S/C26H29FN2O4/c1-5-26(32)19-9-15-11-28-21-10-20(27)14(2)16-7-6-8-18(22(16)21)25(3,4)13-29(15)23(30)17(19)12-33-24(26)31/h9-10,32H,5-8,11-13H2,1-4H3/t26-/m0/s1. The van der Waals surface area contributed by atoms with E-state index in [4.69, 9.17) is 9.73 Å². The third kappa shape index (κ3) is 3.12. The molecule has 0 unspecified atom stereocenters. The maximum Gasteiger partial charge on any atom is 0.343 e. The third-order valence-electron chi connectivity index (χ3n) is 7.70. The number of rotatable bonds is 1. The molecule has 33 heavy (non-hydrogen) atoms. The number of fused-ring (bicyclic) bond motifs is 2.